The van der Waals surface area contributed by atoms with Gasteiger partial charge in [-0.3, -0.25) is 0 Å². The van der Waals surface area contributed by atoms with Crippen LogP contribution >= 0.6 is 27.3 Å². The molecule has 0 bridgehead atoms. The molecule has 0 saturated carbocycles. The molecule has 2 heterocycles. The van der Waals surface area contributed by atoms with Crippen LogP contribution in [-0.2, 0) is 10.0 Å². The van der Waals surface area contributed by atoms with Crippen LogP contribution in [0.5, 0.6) is 0 Å². The Morgan fingerprint density at radius 2 is 2.30 bits per heavy atom. The standard InChI is InChI=1S/C12H14BrN3O2S2/c1-2-9(10-4-3-5-19-10)16-20(17,18)11-6-8(13)7-15-12(11)14/h3-7,9,16H,2H2,1H3,(H2,14,15). The van der Waals surface area contributed by atoms with Crippen LogP contribution in [-0.4, -0.2) is 13.4 Å². The summed E-state index contributed by atoms with van der Waals surface area (Å²) >= 11 is 4.72. The van der Waals surface area contributed by atoms with Crippen molar-refractivity contribution >= 4 is 43.1 Å². The lowest BCUT2D eigenvalue weighted by molar-refractivity contribution is 0.553. The SMILES string of the molecule is CCC(NS(=O)(=O)c1cc(Br)cnc1N)c1cccs1. The van der Waals surface area contributed by atoms with E-state index in [-0.39, 0.29) is 16.8 Å². The molecule has 0 fully saturated rings. The number of rotatable bonds is 5. The summed E-state index contributed by atoms with van der Waals surface area (Å²) in [6.07, 6.45) is 2.12. The van der Waals surface area contributed by atoms with Crippen LogP contribution in [0.1, 0.15) is 24.3 Å². The number of nitrogen functional groups attached to an aromatic ring is 1. The Morgan fingerprint density at radius 1 is 1.55 bits per heavy atom. The van der Waals surface area contributed by atoms with E-state index in [1.165, 1.54) is 23.6 Å². The third kappa shape index (κ3) is 3.38. The molecule has 0 saturated heterocycles. The van der Waals surface area contributed by atoms with E-state index in [1.54, 1.807) is 0 Å². The molecule has 108 valence electrons. The van der Waals surface area contributed by atoms with Crippen molar-refractivity contribution in [1.82, 2.24) is 9.71 Å². The molecule has 0 aliphatic rings. The van der Waals surface area contributed by atoms with Crippen molar-refractivity contribution in [3.8, 4) is 0 Å². The maximum Gasteiger partial charge on any atom is 0.244 e. The number of aromatic nitrogens is 1. The van der Waals surface area contributed by atoms with Crippen LogP contribution in [0.3, 0.4) is 0 Å². The molecule has 0 spiro atoms. The van der Waals surface area contributed by atoms with Gasteiger partial charge in [0.15, 0.2) is 0 Å². The van der Waals surface area contributed by atoms with Crippen LogP contribution in [0, 0.1) is 0 Å². The first-order chi connectivity index (χ1) is 9.44. The van der Waals surface area contributed by atoms with Gasteiger partial charge in [-0.05, 0) is 39.9 Å². The van der Waals surface area contributed by atoms with Crippen LogP contribution in [0.4, 0.5) is 5.82 Å². The van der Waals surface area contributed by atoms with E-state index >= 15 is 0 Å². The highest BCUT2D eigenvalue weighted by Gasteiger charge is 2.23. The van der Waals surface area contributed by atoms with Crippen molar-refractivity contribution in [1.29, 1.82) is 0 Å². The number of nitrogens with two attached hydrogens (primary N) is 1. The van der Waals surface area contributed by atoms with Crippen LogP contribution in [0.2, 0.25) is 0 Å². The molecule has 2 rings (SSSR count). The van der Waals surface area contributed by atoms with Gasteiger partial charge >= 0.3 is 0 Å². The zero-order chi connectivity index (χ0) is 14.8. The highest BCUT2D eigenvalue weighted by Crippen LogP contribution is 2.26. The minimum atomic E-state index is -3.71. The maximum atomic E-state index is 12.4. The molecule has 0 aliphatic carbocycles. The smallest absolute Gasteiger partial charge is 0.244 e. The van der Waals surface area contributed by atoms with Crippen molar-refractivity contribution < 1.29 is 8.42 Å². The van der Waals surface area contributed by atoms with Gasteiger partial charge < -0.3 is 5.73 Å². The highest BCUT2D eigenvalue weighted by atomic mass is 79.9. The fourth-order valence-electron chi connectivity index (χ4n) is 1.73. The van der Waals surface area contributed by atoms with E-state index < -0.39 is 10.0 Å². The van der Waals surface area contributed by atoms with E-state index in [0.29, 0.717) is 10.9 Å². The van der Waals surface area contributed by atoms with Gasteiger partial charge in [-0.25, -0.2) is 18.1 Å². The zero-order valence-corrected chi connectivity index (χ0v) is 13.9. The summed E-state index contributed by atoms with van der Waals surface area (Å²) in [4.78, 5) is 4.81. The summed E-state index contributed by atoms with van der Waals surface area (Å²) in [5.41, 5.74) is 5.66. The average Bonchev–Trinajstić information content (AvgIpc) is 2.92. The lowest BCUT2D eigenvalue weighted by Crippen LogP contribution is -2.28. The Balaban J connectivity index is 2.33. The topological polar surface area (TPSA) is 85.1 Å². The summed E-state index contributed by atoms with van der Waals surface area (Å²) in [7, 11) is -3.71. The Morgan fingerprint density at radius 3 is 2.90 bits per heavy atom. The van der Waals surface area contributed by atoms with Crippen LogP contribution in [0.15, 0.2) is 39.1 Å². The molecule has 20 heavy (non-hydrogen) atoms. The van der Waals surface area contributed by atoms with E-state index in [0.717, 1.165) is 4.88 Å². The van der Waals surface area contributed by atoms with Gasteiger partial charge in [-0.1, -0.05) is 13.0 Å². The molecular weight excluding hydrogens is 362 g/mol. The Hall–Kier alpha value is -0.960. The van der Waals surface area contributed by atoms with Gasteiger partial charge in [-0.2, -0.15) is 0 Å². The van der Waals surface area contributed by atoms with Gasteiger partial charge in [0.25, 0.3) is 0 Å². The zero-order valence-electron chi connectivity index (χ0n) is 10.7. The Bertz CT molecular complexity index is 687. The number of nitrogens with one attached hydrogen (secondary N) is 1. The fourth-order valence-corrected chi connectivity index (χ4v) is 4.55. The number of sulfonamides is 1. The quantitative estimate of drug-likeness (QED) is 0.840. The maximum absolute atomic E-state index is 12.4. The van der Waals surface area contributed by atoms with Crippen molar-refractivity contribution in [2.75, 3.05) is 5.73 Å². The van der Waals surface area contributed by atoms with Gasteiger partial charge in [0.1, 0.15) is 10.7 Å². The van der Waals surface area contributed by atoms with E-state index in [9.17, 15) is 8.42 Å². The number of halogens is 1. The monoisotopic (exact) mass is 375 g/mol. The average molecular weight is 376 g/mol. The summed E-state index contributed by atoms with van der Waals surface area (Å²) in [6, 6.07) is 4.99. The number of anilines is 1. The summed E-state index contributed by atoms with van der Waals surface area (Å²) in [5.74, 6) is -0.0123. The first-order valence-corrected chi connectivity index (χ1v) is 9.06. The first kappa shape index (κ1) is 15.4. The van der Waals surface area contributed by atoms with Gasteiger partial charge in [0, 0.05) is 15.5 Å². The Labute approximate surface area is 130 Å². The van der Waals surface area contributed by atoms with Crippen molar-refractivity contribution in [3.05, 3.63) is 39.1 Å². The van der Waals surface area contributed by atoms with Crippen LogP contribution < -0.4 is 10.5 Å². The second kappa shape index (κ2) is 6.21. The second-order valence-electron chi connectivity index (χ2n) is 4.13. The molecule has 5 nitrogen and oxygen atoms in total. The summed E-state index contributed by atoms with van der Waals surface area (Å²) < 4.78 is 28.1. The first-order valence-electron chi connectivity index (χ1n) is 5.90. The number of pyridine rings is 1. The lowest BCUT2D eigenvalue weighted by atomic mass is 10.2. The lowest BCUT2D eigenvalue weighted by Gasteiger charge is -2.16. The van der Waals surface area contributed by atoms with E-state index in [2.05, 4.69) is 25.6 Å². The van der Waals surface area contributed by atoms with Gasteiger partial charge in [-0.15, -0.1) is 11.3 Å². The van der Waals surface area contributed by atoms with Gasteiger partial charge in [0.05, 0.1) is 6.04 Å². The molecule has 0 amide bonds. The third-order valence-electron chi connectivity index (χ3n) is 2.73. The highest BCUT2D eigenvalue weighted by molar-refractivity contribution is 9.10. The predicted octanol–water partition coefficient (Wildman–Crippen LogP) is 2.92. The molecular formula is C12H14BrN3O2S2. The predicted molar refractivity (Wildman–Crippen MR) is 84.0 cm³/mol. The Kier molecular flexibility index (Phi) is 4.79. The largest absolute Gasteiger partial charge is 0.383 e. The normalized spacial score (nSPS) is 13.3. The summed E-state index contributed by atoms with van der Waals surface area (Å²) in [6.45, 7) is 1.93. The number of hydrogen-bond acceptors (Lipinski definition) is 5. The van der Waals surface area contributed by atoms with Crippen molar-refractivity contribution in [3.63, 3.8) is 0 Å². The molecule has 0 aliphatic heterocycles. The van der Waals surface area contributed by atoms with E-state index in [4.69, 9.17) is 5.73 Å². The minimum absolute atomic E-state index is 0.0121. The van der Waals surface area contributed by atoms with E-state index in [1.807, 2.05) is 24.4 Å². The summed E-state index contributed by atoms with van der Waals surface area (Å²) in [5, 5.41) is 1.92. The molecule has 2 aromatic rings. The minimum Gasteiger partial charge on any atom is -0.383 e. The molecule has 3 N–H and O–H groups in total. The van der Waals surface area contributed by atoms with Gasteiger partial charge in [0.2, 0.25) is 10.0 Å². The third-order valence-corrected chi connectivity index (χ3v) is 5.65. The molecule has 0 aromatic carbocycles. The molecule has 1 atom stereocenters. The molecule has 0 radical (unpaired) electrons. The fraction of sp³-hybridized carbons (Fsp3) is 0.250. The number of thiophene rings is 1. The van der Waals surface area contributed by atoms with Crippen molar-refractivity contribution in [2.24, 2.45) is 0 Å². The molecule has 8 heteroatoms. The van der Waals surface area contributed by atoms with Crippen LogP contribution in [0.25, 0.3) is 0 Å². The van der Waals surface area contributed by atoms with Crippen molar-refractivity contribution in [2.45, 2.75) is 24.3 Å². The number of hydrogen-bond donors (Lipinski definition) is 2. The second-order valence-corrected chi connectivity index (χ2v) is 7.71. The molecule has 2 aromatic heterocycles. The number of nitrogens with zero attached hydrogens (tertiary/aromatic N) is 1. The molecule has 1 unspecified atom stereocenters.